The molecule has 1 nitrogen and oxygen atoms in total. The van der Waals surface area contributed by atoms with E-state index in [1.165, 1.54) is 16.9 Å². The molecule has 2 aromatic rings. The van der Waals surface area contributed by atoms with E-state index in [-0.39, 0.29) is 0 Å². The van der Waals surface area contributed by atoms with Crippen molar-refractivity contribution in [2.24, 2.45) is 0 Å². The van der Waals surface area contributed by atoms with E-state index in [0.29, 0.717) is 0 Å². The zero-order chi connectivity index (χ0) is 12.3. The van der Waals surface area contributed by atoms with Crippen LogP contribution in [0.1, 0.15) is 23.9 Å². The van der Waals surface area contributed by atoms with E-state index in [0.717, 1.165) is 5.69 Å². The van der Waals surface area contributed by atoms with Crippen LogP contribution >= 0.6 is 0 Å². The topological polar surface area (TPSA) is 4.93 Å². The van der Waals surface area contributed by atoms with Crippen molar-refractivity contribution >= 4 is 12.2 Å². The van der Waals surface area contributed by atoms with Gasteiger partial charge in [0.05, 0.1) is 0 Å². The van der Waals surface area contributed by atoms with E-state index in [1.807, 2.05) is 19.1 Å². The Hall–Kier alpha value is -2.02. The second-order valence-electron chi connectivity index (χ2n) is 4.01. The molecule has 0 atom stereocenters. The van der Waals surface area contributed by atoms with Crippen LogP contribution in [-0.2, 0) is 0 Å². The van der Waals surface area contributed by atoms with Crippen LogP contribution < -0.4 is 0 Å². The number of hydrogen-bond donors (Lipinski definition) is 0. The van der Waals surface area contributed by atoms with Gasteiger partial charge >= 0.3 is 0 Å². The maximum atomic E-state index is 3.89. The Morgan fingerprint density at radius 3 is 2.47 bits per heavy atom. The monoisotopic (exact) mass is 223 g/mol. The van der Waals surface area contributed by atoms with E-state index in [2.05, 4.69) is 60.6 Å². The lowest BCUT2D eigenvalue weighted by Gasteiger charge is -2.10. The van der Waals surface area contributed by atoms with Crippen LogP contribution in [0.25, 0.3) is 17.8 Å². The molecule has 1 aromatic carbocycles. The largest absolute Gasteiger partial charge is 0.310 e. The van der Waals surface area contributed by atoms with Crippen molar-refractivity contribution in [2.45, 2.75) is 13.8 Å². The Morgan fingerprint density at radius 2 is 1.88 bits per heavy atom. The molecule has 0 spiro atoms. The minimum absolute atomic E-state index is 1.13. The van der Waals surface area contributed by atoms with Gasteiger partial charge in [-0.05, 0) is 49.8 Å². The van der Waals surface area contributed by atoms with Gasteiger partial charge in [-0.15, -0.1) is 0 Å². The number of benzene rings is 1. The van der Waals surface area contributed by atoms with E-state index < -0.39 is 0 Å². The first-order chi connectivity index (χ1) is 8.27. The van der Waals surface area contributed by atoms with E-state index in [1.54, 1.807) is 0 Å². The van der Waals surface area contributed by atoms with Crippen LogP contribution in [0.3, 0.4) is 0 Å². The van der Waals surface area contributed by atoms with Crippen LogP contribution in [0.5, 0.6) is 0 Å². The third kappa shape index (κ3) is 2.09. The summed E-state index contributed by atoms with van der Waals surface area (Å²) in [4.78, 5) is 0. The van der Waals surface area contributed by atoms with Crippen LogP contribution in [0, 0.1) is 6.92 Å². The van der Waals surface area contributed by atoms with Crippen molar-refractivity contribution in [1.29, 1.82) is 0 Å². The first-order valence-corrected chi connectivity index (χ1v) is 5.81. The molecule has 0 saturated carbocycles. The fraction of sp³-hybridized carbons (Fsp3) is 0.125. The van der Waals surface area contributed by atoms with Gasteiger partial charge in [-0.1, -0.05) is 30.9 Å². The van der Waals surface area contributed by atoms with Gasteiger partial charge in [-0.3, -0.25) is 0 Å². The van der Waals surface area contributed by atoms with Gasteiger partial charge in [0, 0.05) is 17.1 Å². The first-order valence-electron chi connectivity index (χ1n) is 5.81. The molecule has 0 aliphatic carbocycles. The Labute approximate surface area is 103 Å². The minimum Gasteiger partial charge on any atom is -0.310 e. The third-order valence-corrected chi connectivity index (χ3v) is 2.82. The summed E-state index contributed by atoms with van der Waals surface area (Å²) in [5.74, 6) is 0. The summed E-state index contributed by atoms with van der Waals surface area (Å²) < 4.78 is 2.22. The molecule has 17 heavy (non-hydrogen) atoms. The summed E-state index contributed by atoms with van der Waals surface area (Å²) in [6.45, 7) is 8.05. The van der Waals surface area contributed by atoms with E-state index in [9.17, 15) is 0 Å². The third-order valence-electron chi connectivity index (χ3n) is 2.82. The Bertz CT molecular complexity index is 544. The van der Waals surface area contributed by atoms with Gasteiger partial charge < -0.3 is 4.57 Å². The van der Waals surface area contributed by atoms with Gasteiger partial charge in [-0.2, -0.15) is 0 Å². The summed E-state index contributed by atoms with van der Waals surface area (Å²) in [6, 6.07) is 12.5. The van der Waals surface area contributed by atoms with Crippen LogP contribution in [0.4, 0.5) is 0 Å². The zero-order valence-corrected chi connectivity index (χ0v) is 10.4. The average Bonchev–Trinajstić information content (AvgIpc) is 2.68. The Balaban J connectivity index is 2.70. The lowest BCUT2D eigenvalue weighted by atomic mass is 10.2. The average molecular weight is 223 g/mol. The second-order valence-corrected chi connectivity index (χ2v) is 4.01. The highest BCUT2D eigenvalue weighted by atomic mass is 15.0. The predicted octanol–water partition coefficient (Wildman–Crippen LogP) is 4.46. The maximum absolute atomic E-state index is 3.89. The smallest absolute Gasteiger partial charge is 0.0488 e. The molecule has 0 saturated heterocycles. The molecule has 0 unspecified atom stereocenters. The summed E-state index contributed by atoms with van der Waals surface area (Å²) in [5.41, 5.74) is 4.78. The number of hydrogen-bond acceptors (Lipinski definition) is 0. The van der Waals surface area contributed by atoms with Crippen LogP contribution in [0.15, 0.2) is 49.1 Å². The van der Waals surface area contributed by atoms with Crippen molar-refractivity contribution in [3.8, 4) is 5.69 Å². The van der Waals surface area contributed by atoms with E-state index in [4.69, 9.17) is 0 Å². The summed E-state index contributed by atoms with van der Waals surface area (Å²) >= 11 is 0. The zero-order valence-electron chi connectivity index (χ0n) is 10.4. The fourth-order valence-corrected chi connectivity index (χ4v) is 2.06. The molecule has 1 heteroatoms. The molecule has 1 heterocycles. The molecule has 86 valence electrons. The SMILES string of the molecule is C=Cc1cc(C)c(/C=C\C)n1-c1ccccc1. The summed E-state index contributed by atoms with van der Waals surface area (Å²) in [7, 11) is 0. The standard InChI is InChI=1S/C16H17N/c1-4-9-16-13(3)12-14(5-2)17(16)15-10-7-6-8-11-15/h4-12H,2H2,1,3H3/b9-4-. The number of allylic oxidation sites excluding steroid dienone is 1. The summed E-state index contributed by atoms with van der Waals surface area (Å²) in [6.07, 6.45) is 6.09. The molecule has 0 bridgehead atoms. The van der Waals surface area contributed by atoms with Gasteiger partial charge in [0.1, 0.15) is 0 Å². The van der Waals surface area contributed by atoms with Crippen LogP contribution in [0.2, 0.25) is 0 Å². The molecular formula is C16H17N. The molecule has 1 aromatic heterocycles. The molecule has 0 amide bonds. The lowest BCUT2D eigenvalue weighted by Crippen LogP contribution is -1.98. The molecule has 0 N–H and O–H groups in total. The Morgan fingerprint density at radius 1 is 1.18 bits per heavy atom. The number of aromatic nitrogens is 1. The Kier molecular flexibility index (Phi) is 3.29. The highest BCUT2D eigenvalue weighted by Gasteiger charge is 2.09. The quantitative estimate of drug-likeness (QED) is 0.724. The normalized spacial score (nSPS) is 10.9. The van der Waals surface area contributed by atoms with Gasteiger partial charge in [-0.25, -0.2) is 0 Å². The van der Waals surface area contributed by atoms with Gasteiger partial charge in [0.15, 0.2) is 0 Å². The van der Waals surface area contributed by atoms with Gasteiger partial charge in [0.2, 0.25) is 0 Å². The van der Waals surface area contributed by atoms with Crippen molar-refractivity contribution in [2.75, 3.05) is 0 Å². The first kappa shape index (κ1) is 11.5. The van der Waals surface area contributed by atoms with Crippen molar-refractivity contribution in [3.63, 3.8) is 0 Å². The highest BCUT2D eigenvalue weighted by molar-refractivity contribution is 5.61. The maximum Gasteiger partial charge on any atom is 0.0488 e. The van der Waals surface area contributed by atoms with Crippen LogP contribution in [-0.4, -0.2) is 4.57 Å². The molecule has 0 fully saturated rings. The van der Waals surface area contributed by atoms with Crippen molar-refractivity contribution in [1.82, 2.24) is 4.57 Å². The molecule has 0 aliphatic rings. The lowest BCUT2D eigenvalue weighted by molar-refractivity contribution is 1.04. The van der Waals surface area contributed by atoms with Crippen molar-refractivity contribution in [3.05, 3.63) is 66.0 Å². The molecule has 0 radical (unpaired) electrons. The fourth-order valence-electron chi connectivity index (χ4n) is 2.06. The minimum atomic E-state index is 1.13. The highest BCUT2D eigenvalue weighted by Crippen LogP contribution is 2.23. The molecular weight excluding hydrogens is 206 g/mol. The molecule has 0 aliphatic heterocycles. The number of nitrogens with zero attached hydrogens (tertiary/aromatic N) is 1. The second kappa shape index (κ2) is 4.88. The number of aryl methyl sites for hydroxylation is 1. The number of para-hydroxylation sites is 1. The molecule has 2 rings (SSSR count). The van der Waals surface area contributed by atoms with Gasteiger partial charge in [0.25, 0.3) is 0 Å². The summed E-state index contributed by atoms with van der Waals surface area (Å²) in [5, 5.41) is 0. The number of rotatable bonds is 3. The predicted molar refractivity (Wildman–Crippen MR) is 75.3 cm³/mol. The van der Waals surface area contributed by atoms with Crippen molar-refractivity contribution < 1.29 is 0 Å². The van der Waals surface area contributed by atoms with E-state index >= 15 is 0 Å².